The number of nitrogens with zero attached hydrogens (tertiary/aromatic N) is 1. The van der Waals surface area contributed by atoms with Crippen molar-refractivity contribution in [3.8, 4) is 5.75 Å². The van der Waals surface area contributed by atoms with Crippen LogP contribution >= 0.6 is 0 Å². The van der Waals surface area contributed by atoms with Crippen LogP contribution in [0.4, 0.5) is 0 Å². The van der Waals surface area contributed by atoms with E-state index < -0.39 is 0 Å². The second-order valence-electron chi connectivity index (χ2n) is 5.39. The summed E-state index contributed by atoms with van der Waals surface area (Å²) in [6.07, 6.45) is 2.42. The molecule has 1 aromatic heterocycles. The third-order valence-electron chi connectivity index (χ3n) is 4.47. The highest BCUT2D eigenvalue weighted by atomic mass is 16.5. The number of hydrogen-bond acceptors (Lipinski definition) is 2. The summed E-state index contributed by atoms with van der Waals surface area (Å²) in [6, 6.07) is 6.30. The number of fused-ring (bicyclic) bond motifs is 1. The zero-order valence-corrected chi connectivity index (χ0v) is 11.3. The van der Waals surface area contributed by atoms with Crippen molar-refractivity contribution in [2.24, 2.45) is 12.8 Å². The lowest BCUT2D eigenvalue weighted by Gasteiger charge is -2.13. The zero-order valence-electron chi connectivity index (χ0n) is 11.3. The molecule has 0 radical (unpaired) electrons. The molecule has 1 fully saturated rings. The van der Waals surface area contributed by atoms with Gasteiger partial charge in [-0.2, -0.15) is 0 Å². The van der Waals surface area contributed by atoms with Gasteiger partial charge in [-0.3, -0.25) is 0 Å². The Kier molecular flexibility index (Phi) is 2.42. The van der Waals surface area contributed by atoms with E-state index in [-0.39, 0.29) is 5.41 Å². The van der Waals surface area contributed by atoms with Gasteiger partial charge in [-0.05, 0) is 43.5 Å². The monoisotopic (exact) mass is 244 g/mol. The van der Waals surface area contributed by atoms with Crippen LogP contribution in [0.15, 0.2) is 18.2 Å². The SMILES string of the molecule is COc1ccc2c(c1)c(C1(CN)CC1)c(C)n2C. The predicted molar refractivity (Wildman–Crippen MR) is 74.2 cm³/mol. The van der Waals surface area contributed by atoms with Crippen LogP contribution < -0.4 is 10.5 Å². The molecule has 3 rings (SSSR count). The van der Waals surface area contributed by atoms with Crippen LogP contribution in [0.5, 0.6) is 5.75 Å². The van der Waals surface area contributed by atoms with Gasteiger partial charge in [-0.15, -0.1) is 0 Å². The molecular formula is C15H20N2O. The fourth-order valence-electron chi connectivity index (χ4n) is 3.05. The minimum Gasteiger partial charge on any atom is -0.497 e. The van der Waals surface area contributed by atoms with Crippen molar-refractivity contribution in [2.75, 3.05) is 13.7 Å². The van der Waals surface area contributed by atoms with E-state index in [0.29, 0.717) is 0 Å². The number of rotatable bonds is 3. The molecule has 0 spiro atoms. The average Bonchev–Trinajstić information content (AvgIpc) is 3.14. The van der Waals surface area contributed by atoms with Crippen LogP contribution in [0.25, 0.3) is 10.9 Å². The van der Waals surface area contributed by atoms with Crippen LogP contribution in [0.1, 0.15) is 24.1 Å². The van der Waals surface area contributed by atoms with E-state index in [9.17, 15) is 0 Å². The Hall–Kier alpha value is -1.48. The van der Waals surface area contributed by atoms with Gasteiger partial charge in [-0.1, -0.05) is 0 Å². The first-order valence-corrected chi connectivity index (χ1v) is 6.46. The number of aryl methyl sites for hydroxylation is 1. The first kappa shape index (κ1) is 11.6. The molecule has 0 bridgehead atoms. The van der Waals surface area contributed by atoms with Crippen LogP contribution in [0.2, 0.25) is 0 Å². The first-order valence-electron chi connectivity index (χ1n) is 6.46. The molecule has 1 saturated carbocycles. The van der Waals surface area contributed by atoms with Crippen molar-refractivity contribution >= 4 is 10.9 Å². The van der Waals surface area contributed by atoms with Gasteiger partial charge in [0.05, 0.1) is 7.11 Å². The quantitative estimate of drug-likeness (QED) is 0.901. The summed E-state index contributed by atoms with van der Waals surface area (Å²) in [6.45, 7) is 2.93. The summed E-state index contributed by atoms with van der Waals surface area (Å²) in [7, 11) is 3.84. The second-order valence-corrected chi connectivity index (χ2v) is 5.39. The Morgan fingerprint density at radius 3 is 2.67 bits per heavy atom. The Balaban J connectivity index is 2.32. The maximum Gasteiger partial charge on any atom is 0.119 e. The van der Waals surface area contributed by atoms with Gasteiger partial charge in [0.15, 0.2) is 0 Å². The molecule has 1 aliphatic carbocycles. The zero-order chi connectivity index (χ0) is 12.9. The third kappa shape index (κ3) is 1.40. The Morgan fingerprint density at radius 2 is 2.11 bits per heavy atom. The summed E-state index contributed by atoms with van der Waals surface area (Å²) in [5.74, 6) is 0.919. The van der Waals surface area contributed by atoms with Gasteiger partial charge in [-0.25, -0.2) is 0 Å². The smallest absolute Gasteiger partial charge is 0.119 e. The van der Waals surface area contributed by atoms with Gasteiger partial charge in [0.2, 0.25) is 0 Å². The molecule has 3 nitrogen and oxygen atoms in total. The molecule has 96 valence electrons. The van der Waals surface area contributed by atoms with Gasteiger partial charge in [0, 0.05) is 35.6 Å². The number of nitrogens with two attached hydrogens (primary N) is 1. The average molecular weight is 244 g/mol. The molecule has 3 heteroatoms. The largest absolute Gasteiger partial charge is 0.497 e. The minimum atomic E-state index is 0.218. The van der Waals surface area contributed by atoms with Crippen LogP contribution in [-0.2, 0) is 12.5 Å². The molecular weight excluding hydrogens is 224 g/mol. The summed E-state index contributed by atoms with van der Waals surface area (Å²) in [5.41, 5.74) is 10.3. The normalized spacial score (nSPS) is 17.1. The third-order valence-corrected chi connectivity index (χ3v) is 4.47. The predicted octanol–water partition coefficient (Wildman–Crippen LogP) is 2.49. The van der Waals surface area contributed by atoms with Crippen molar-refractivity contribution in [3.63, 3.8) is 0 Å². The maximum atomic E-state index is 6.00. The molecule has 1 aliphatic rings. The molecule has 1 heterocycles. The fourth-order valence-corrected chi connectivity index (χ4v) is 3.05. The highest BCUT2D eigenvalue weighted by Gasteiger charge is 2.45. The Bertz CT molecular complexity index is 608. The molecule has 0 unspecified atom stereocenters. The van der Waals surface area contributed by atoms with Gasteiger partial charge < -0.3 is 15.0 Å². The van der Waals surface area contributed by atoms with Crippen molar-refractivity contribution in [1.82, 2.24) is 4.57 Å². The maximum absolute atomic E-state index is 6.00. The van der Waals surface area contributed by atoms with E-state index in [1.54, 1.807) is 7.11 Å². The molecule has 2 aromatic rings. The van der Waals surface area contributed by atoms with Crippen molar-refractivity contribution in [2.45, 2.75) is 25.2 Å². The molecule has 1 aromatic carbocycles. The second kappa shape index (κ2) is 3.75. The first-order chi connectivity index (χ1) is 8.63. The van der Waals surface area contributed by atoms with Gasteiger partial charge in [0.25, 0.3) is 0 Å². The van der Waals surface area contributed by atoms with E-state index in [0.717, 1.165) is 12.3 Å². The topological polar surface area (TPSA) is 40.2 Å². The van der Waals surface area contributed by atoms with E-state index >= 15 is 0 Å². The van der Waals surface area contributed by atoms with Gasteiger partial charge >= 0.3 is 0 Å². The molecule has 0 saturated heterocycles. The summed E-state index contributed by atoms with van der Waals surface area (Å²) in [4.78, 5) is 0. The van der Waals surface area contributed by atoms with E-state index in [2.05, 4.69) is 30.7 Å². The van der Waals surface area contributed by atoms with E-state index in [1.165, 1.54) is 35.0 Å². The van der Waals surface area contributed by atoms with E-state index in [1.807, 2.05) is 6.07 Å². The van der Waals surface area contributed by atoms with Crippen LogP contribution in [-0.4, -0.2) is 18.2 Å². The highest BCUT2D eigenvalue weighted by Crippen LogP contribution is 2.51. The molecule has 2 N–H and O–H groups in total. The Labute approximate surface area is 108 Å². The summed E-state index contributed by atoms with van der Waals surface area (Å²) in [5, 5.41) is 1.30. The molecule has 0 atom stereocenters. The summed E-state index contributed by atoms with van der Waals surface area (Å²) >= 11 is 0. The van der Waals surface area contributed by atoms with E-state index in [4.69, 9.17) is 10.5 Å². The number of aromatic nitrogens is 1. The number of benzene rings is 1. The van der Waals surface area contributed by atoms with Crippen molar-refractivity contribution < 1.29 is 4.74 Å². The highest BCUT2D eigenvalue weighted by molar-refractivity contribution is 5.88. The lowest BCUT2D eigenvalue weighted by Crippen LogP contribution is -2.20. The number of methoxy groups -OCH3 is 1. The van der Waals surface area contributed by atoms with Crippen molar-refractivity contribution in [1.29, 1.82) is 0 Å². The lowest BCUT2D eigenvalue weighted by molar-refractivity contribution is 0.415. The Morgan fingerprint density at radius 1 is 1.39 bits per heavy atom. The van der Waals surface area contributed by atoms with Gasteiger partial charge in [0.1, 0.15) is 5.75 Å². The minimum absolute atomic E-state index is 0.218. The lowest BCUT2D eigenvalue weighted by atomic mass is 9.93. The number of hydrogen-bond donors (Lipinski definition) is 1. The molecule has 18 heavy (non-hydrogen) atoms. The fraction of sp³-hybridized carbons (Fsp3) is 0.467. The summed E-state index contributed by atoms with van der Waals surface area (Å²) < 4.78 is 7.62. The van der Waals surface area contributed by atoms with Crippen molar-refractivity contribution in [3.05, 3.63) is 29.5 Å². The van der Waals surface area contributed by atoms with Crippen LogP contribution in [0.3, 0.4) is 0 Å². The standard InChI is InChI=1S/C15H20N2O/c1-10-14(15(9-16)6-7-15)12-8-11(18-3)4-5-13(12)17(10)2/h4-5,8H,6-7,9,16H2,1-3H3. The molecule has 0 amide bonds. The number of ether oxygens (including phenoxy) is 1. The molecule has 0 aliphatic heterocycles. The van der Waals surface area contributed by atoms with Crippen LogP contribution in [0, 0.1) is 6.92 Å².